The summed E-state index contributed by atoms with van der Waals surface area (Å²) in [7, 11) is 0. The highest BCUT2D eigenvalue weighted by molar-refractivity contribution is 6.21. The molecule has 0 aromatic carbocycles. The minimum atomic E-state index is 0.261. The number of hydrogen-bond donors (Lipinski definition) is 0. The summed E-state index contributed by atoms with van der Waals surface area (Å²) in [6, 6.07) is 0. The molecule has 0 bridgehead atoms. The Morgan fingerprint density at radius 2 is 2.55 bits per heavy atom. The molecule has 0 aliphatic heterocycles. The van der Waals surface area contributed by atoms with Crippen molar-refractivity contribution in [1.29, 1.82) is 0 Å². The number of halogens is 1. The van der Waals surface area contributed by atoms with E-state index in [0.29, 0.717) is 0 Å². The van der Waals surface area contributed by atoms with Crippen LogP contribution in [0.5, 0.6) is 0 Å². The molecule has 0 aromatic rings. The molecule has 1 unspecified atom stereocenters. The third-order valence-electron chi connectivity index (χ3n) is 1.89. The van der Waals surface area contributed by atoms with Crippen molar-refractivity contribution >= 4 is 11.6 Å². The highest BCUT2D eigenvalue weighted by atomic mass is 35.5. The van der Waals surface area contributed by atoms with Gasteiger partial charge in [-0.3, -0.25) is 0 Å². The fraction of sp³-hybridized carbons (Fsp3) is 0.600. The first kappa shape index (κ1) is 8.68. The van der Waals surface area contributed by atoms with E-state index in [2.05, 4.69) is 17.9 Å². The predicted octanol–water partition coefficient (Wildman–Crippen LogP) is 3.12. The average molecular weight is 169 g/mol. The number of hydrogen-bond acceptors (Lipinski definition) is 0. The molecule has 60 valence electrons. The first-order valence-electron chi connectivity index (χ1n) is 4.06. The molecule has 0 radical (unpaired) electrons. The van der Waals surface area contributed by atoms with Crippen molar-refractivity contribution in [3.8, 4) is 11.8 Å². The van der Waals surface area contributed by atoms with Crippen LogP contribution in [0.1, 0.15) is 32.6 Å². The molecule has 0 spiro atoms. The Balaban J connectivity index is 2.47. The minimum absolute atomic E-state index is 0.261. The van der Waals surface area contributed by atoms with Crippen LogP contribution in [0.25, 0.3) is 0 Å². The Morgan fingerprint density at radius 1 is 1.73 bits per heavy atom. The summed E-state index contributed by atoms with van der Waals surface area (Å²) in [5.74, 6) is 5.96. The topological polar surface area (TPSA) is 0 Å². The molecule has 1 aliphatic rings. The van der Waals surface area contributed by atoms with Crippen LogP contribution in [0.2, 0.25) is 0 Å². The zero-order valence-corrected chi connectivity index (χ0v) is 7.62. The quantitative estimate of drug-likeness (QED) is 0.321. The fourth-order valence-electron chi connectivity index (χ4n) is 1.30. The molecule has 1 heteroatoms. The molecule has 1 atom stereocenters. The Bertz CT molecular complexity index is 205. The van der Waals surface area contributed by atoms with Gasteiger partial charge in [0.2, 0.25) is 0 Å². The first-order chi connectivity index (χ1) is 5.33. The van der Waals surface area contributed by atoms with Crippen molar-refractivity contribution in [2.75, 3.05) is 0 Å². The van der Waals surface area contributed by atoms with E-state index in [9.17, 15) is 0 Å². The largest absolute Gasteiger partial charge is 0.118 e. The molecule has 0 amide bonds. The highest BCUT2D eigenvalue weighted by Gasteiger charge is 2.09. The van der Waals surface area contributed by atoms with Crippen molar-refractivity contribution in [2.24, 2.45) is 0 Å². The van der Waals surface area contributed by atoms with Crippen LogP contribution in [0.4, 0.5) is 0 Å². The lowest BCUT2D eigenvalue weighted by molar-refractivity contribution is 0.698. The van der Waals surface area contributed by atoms with Crippen LogP contribution in [-0.2, 0) is 0 Å². The van der Waals surface area contributed by atoms with E-state index in [1.807, 2.05) is 6.92 Å². The smallest absolute Gasteiger partial charge is 0.0519 e. The number of rotatable bonds is 1. The number of allylic oxidation sites excluding steroid dienone is 2. The van der Waals surface area contributed by atoms with Crippen molar-refractivity contribution in [3.63, 3.8) is 0 Å². The molecule has 0 nitrogen and oxygen atoms in total. The summed E-state index contributed by atoms with van der Waals surface area (Å²) < 4.78 is 0. The standard InChI is InChI=1S/C10H13Cl/c1-2-3-5-9-6-4-7-10(11)8-9/h8,10H,4-7H2,1H3. The van der Waals surface area contributed by atoms with E-state index >= 15 is 0 Å². The fourth-order valence-corrected chi connectivity index (χ4v) is 1.63. The van der Waals surface area contributed by atoms with Gasteiger partial charge in [-0.05, 0) is 26.2 Å². The third-order valence-corrected chi connectivity index (χ3v) is 2.23. The monoisotopic (exact) mass is 168 g/mol. The van der Waals surface area contributed by atoms with Gasteiger partial charge in [0.05, 0.1) is 5.38 Å². The molecule has 11 heavy (non-hydrogen) atoms. The molecular formula is C10H13Cl. The molecular weight excluding hydrogens is 156 g/mol. The summed E-state index contributed by atoms with van der Waals surface area (Å²) in [6.45, 7) is 1.88. The highest BCUT2D eigenvalue weighted by Crippen LogP contribution is 2.23. The SMILES string of the molecule is CC#CCC1=CC(Cl)CCC1. The van der Waals surface area contributed by atoms with Crippen LogP contribution >= 0.6 is 11.6 Å². The van der Waals surface area contributed by atoms with Crippen LogP contribution in [0, 0.1) is 11.8 Å². The van der Waals surface area contributed by atoms with E-state index in [-0.39, 0.29) is 5.38 Å². The second-order valence-corrected chi connectivity index (χ2v) is 3.40. The van der Waals surface area contributed by atoms with Gasteiger partial charge in [0.25, 0.3) is 0 Å². The Kier molecular flexibility index (Phi) is 3.52. The maximum Gasteiger partial charge on any atom is 0.0519 e. The molecule has 0 saturated carbocycles. The molecule has 0 heterocycles. The van der Waals surface area contributed by atoms with Gasteiger partial charge in [-0.15, -0.1) is 17.5 Å². The summed E-state index contributed by atoms with van der Waals surface area (Å²) in [5.41, 5.74) is 1.42. The zero-order chi connectivity index (χ0) is 8.10. The molecule has 1 aliphatic carbocycles. The van der Waals surface area contributed by atoms with Crippen LogP contribution in [-0.4, -0.2) is 5.38 Å². The van der Waals surface area contributed by atoms with E-state index in [0.717, 1.165) is 12.8 Å². The predicted molar refractivity (Wildman–Crippen MR) is 49.6 cm³/mol. The zero-order valence-electron chi connectivity index (χ0n) is 6.86. The molecule has 1 rings (SSSR count). The van der Waals surface area contributed by atoms with Crippen molar-refractivity contribution in [1.82, 2.24) is 0 Å². The lowest BCUT2D eigenvalue weighted by Crippen LogP contribution is -2.02. The lowest BCUT2D eigenvalue weighted by atomic mass is 9.97. The average Bonchev–Trinajstić information content (AvgIpc) is 2.01. The van der Waals surface area contributed by atoms with Gasteiger partial charge >= 0.3 is 0 Å². The van der Waals surface area contributed by atoms with E-state index in [1.165, 1.54) is 18.4 Å². The van der Waals surface area contributed by atoms with E-state index in [1.54, 1.807) is 0 Å². The first-order valence-corrected chi connectivity index (χ1v) is 4.50. The summed E-state index contributed by atoms with van der Waals surface area (Å²) >= 11 is 5.97. The van der Waals surface area contributed by atoms with Crippen molar-refractivity contribution in [2.45, 2.75) is 38.0 Å². The summed E-state index contributed by atoms with van der Waals surface area (Å²) in [4.78, 5) is 0. The second-order valence-electron chi connectivity index (χ2n) is 2.84. The van der Waals surface area contributed by atoms with E-state index < -0.39 is 0 Å². The van der Waals surface area contributed by atoms with Gasteiger partial charge in [0, 0.05) is 6.42 Å². The van der Waals surface area contributed by atoms with Crippen LogP contribution < -0.4 is 0 Å². The van der Waals surface area contributed by atoms with Crippen LogP contribution in [0.15, 0.2) is 11.6 Å². The molecule has 0 fully saturated rings. The third kappa shape index (κ3) is 2.99. The lowest BCUT2D eigenvalue weighted by Gasteiger charge is -2.14. The summed E-state index contributed by atoms with van der Waals surface area (Å²) in [5, 5.41) is 0.261. The van der Waals surface area contributed by atoms with Gasteiger partial charge in [-0.1, -0.05) is 17.6 Å². The van der Waals surface area contributed by atoms with Gasteiger partial charge in [0.1, 0.15) is 0 Å². The van der Waals surface area contributed by atoms with Gasteiger partial charge in [-0.2, -0.15) is 0 Å². The number of alkyl halides is 1. The Labute approximate surface area is 73.6 Å². The molecule has 0 saturated heterocycles. The van der Waals surface area contributed by atoms with Gasteiger partial charge < -0.3 is 0 Å². The normalized spacial score (nSPS) is 23.5. The molecule has 0 aromatic heterocycles. The molecule has 0 N–H and O–H groups in total. The van der Waals surface area contributed by atoms with Gasteiger partial charge in [0.15, 0.2) is 0 Å². The van der Waals surface area contributed by atoms with Crippen LogP contribution in [0.3, 0.4) is 0 Å². The van der Waals surface area contributed by atoms with E-state index in [4.69, 9.17) is 11.6 Å². The van der Waals surface area contributed by atoms with Crippen molar-refractivity contribution < 1.29 is 0 Å². The maximum absolute atomic E-state index is 5.97. The van der Waals surface area contributed by atoms with Gasteiger partial charge in [-0.25, -0.2) is 0 Å². The Morgan fingerprint density at radius 3 is 3.18 bits per heavy atom. The summed E-state index contributed by atoms with van der Waals surface area (Å²) in [6.07, 6.45) is 6.63. The van der Waals surface area contributed by atoms with Crippen molar-refractivity contribution in [3.05, 3.63) is 11.6 Å². The minimum Gasteiger partial charge on any atom is -0.118 e. The maximum atomic E-state index is 5.97. The second kappa shape index (κ2) is 4.46. The Hall–Kier alpha value is -0.410.